The third-order valence-electron chi connectivity index (χ3n) is 3.20. The lowest BCUT2D eigenvalue weighted by Gasteiger charge is -2.45. The maximum atomic E-state index is 10.9. The Labute approximate surface area is 87.0 Å². The van der Waals surface area contributed by atoms with Gasteiger partial charge in [-0.1, -0.05) is 27.7 Å². The molecule has 2 heteroatoms. The van der Waals surface area contributed by atoms with E-state index in [1.165, 1.54) is 6.92 Å². The van der Waals surface area contributed by atoms with E-state index in [1.54, 1.807) is 0 Å². The third-order valence-corrected chi connectivity index (χ3v) is 3.20. The molecule has 0 aromatic carbocycles. The van der Waals surface area contributed by atoms with Gasteiger partial charge in [0.15, 0.2) is 0 Å². The Morgan fingerprint density at radius 3 is 2.29 bits per heavy atom. The quantitative estimate of drug-likeness (QED) is 0.605. The van der Waals surface area contributed by atoms with Gasteiger partial charge in [0, 0.05) is 12.3 Å². The van der Waals surface area contributed by atoms with Gasteiger partial charge in [0.05, 0.1) is 0 Å². The fourth-order valence-electron chi connectivity index (χ4n) is 2.77. The highest BCUT2D eigenvalue weighted by Gasteiger charge is 2.41. The highest BCUT2D eigenvalue weighted by atomic mass is 16.5. The molecule has 1 aliphatic carbocycles. The molecular weight excluding hydrogens is 176 g/mol. The second-order valence-corrected chi connectivity index (χ2v) is 5.97. The van der Waals surface area contributed by atoms with Gasteiger partial charge < -0.3 is 4.74 Å². The smallest absolute Gasteiger partial charge is 0.302 e. The standard InChI is InChI=1S/C12H22O2/c1-9(13)14-10-6-7-11(2,3)8-12(10,4)5/h10H,6-8H2,1-5H3. The molecule has 0 aromatic heterocycles. The Morgan fingerprint density at radius 2 is 1.86 bits per heavy atom. The lowest BCUT2D eigenvalue weighted by molar-refractivity contribution is -0.158. The van der Waals surface area contributed by atoms with Crippen LogP contribution in [0.4, 0.5) is 0 Å². The SMILES string of the molecule is CC(=O)OC1CCC(C)(C)CC1(C)C. The van der Waals surface area contributed by atoms with Crippen molar-refractivity contribution in [2.24, 2.45) is 10.8 Å². The van der Waals surface area contributed by atoms with Crippen LogP contribution in [0, 0.1) is 10.8 Å². The molecule has 1 fully saturated rings. The Balaban J connectivity index is 2.68. The van der Waals surface area contributed by atoms with Crippen LogP contribution in [0.2, 0.25) is 0 Å². The monoisotopic (exact) mass is 198 g/mol. The predicted molar refractivity (Wildman–Crippen MR) is 57.0 cm³/mol. The Morgan fingerprint density at radius 1 is 1.29 bits per heavy atom. The molecule has 0 bridgehead atoms. The van der Waals surface area contributed by atoms with E-state index in [-0.39, 0.29) is 17.5 Å². The van der Waals surface area contributed by atoms with Crippen molar-refractivity contribution in [1.82, 2.24) is 0 Å². The fraction of sp³-hybridized carbons (Fsp3) is 0.917. The zero-order valence-corrected chi connectivity index (χ0v) is 10.0. The van der Waals surface area contributed by atoms with Gasteiger partial charge in [0.25, 0.3) is 0 Å². The fourth-order valence-corrected chi connectivity index (χ4v) is 2.77. The van der Waals surface area contributed by atoms with Gasteiger partial charge in [0.1, 0.15) is 6.10 Å². The van der Waals surface area contributed by atoms with Crippen molar-refractivity contribution in [3.8, 4) is 0 Å². The molecular formula is C12H22O2. The average Bonchev–Trinajstić information content (AvgIpc) is 1.92. The molecule has 0 aliphatic heterocycles. The summed E-state index contributed by atoms with van der Waals surface area (Å²) in [6.45, 7) is 10.5. The molecule has 2 nitrogen and oxygen atoms in total. The van der Waals surface area contributed by atoms with Gasteiger partial charge in [-0.15, -0.1) is 0 Å². The minimum atomic E-state index is -0.150. The third kappa shape index (κ3) is 2.73. The Bertz CT molecular complexity index is 228. The molecule has 0 amide bonds. The Kier molecular flexibility index (Phi) is 2.93. The van der Waals surface area contributed by atoms with E-state index < -0.39 is 0 Å². The normalized spacial score (nSPS) is 29.6. The second-order valence-electron chi connectivity index (χ2n) is 5.97. The van der Waals surface area contributed by atoms with Gasteiger partial charge in [-0.25, -0.2) is 0 Å². The number of carbonyl (C=O) groups is 1. The zero-order valence-electron chi connectivity index (χ0n) is 10.0. The summed E-state index contributed by atoms with van der Waals surface area (Å²) in [4.78, 5) is 10.9. The molecule has 0 N–H and O–H groups in total. The van der Waals surface area contributed by atoms with Crippen LogP contribution < -0.4 is 0 Å². The van der Waals surface area contributed by atoms with E-state index in [4.69, 9.17) is 4.74 Å². The Hall–Kier alpha value is -0.530. The van der Waals surface area contributed by atoms with E-state index in [0.717, 1.165) is 19.3 Å². The minimum Gasteiger partial charge on any atom is -0.462 e. The largest absolute Gasteiger partial charge is 0.462 e. The summed E-state index contributed by atoms with van der Waals surface area (Å²) in [5, 5.41) is 0. The van der Waals surface area contributed by atoms with Crippen molar-refractivity contribution in [2.75, 3.05) is 0 Å². The van der Waals surface area contributed by atoms with Gasteiger partial charge >= 0.3 is 5.97 Å². The molecule has 14 heavy (non-hydrogen) atoms. The molecule has 1 rings (SSSR count). The van der Waals surface area contributed by atoms with Crippen molar-refractivity contribution < 1.29 is 9.53 Å². The number of hydrogen-bond acceptors (Lipinski definition) is 2. The maximum Gasteiger partial charge on any atom is 0.302 e. The summed E-state index contributed by atoms with van der Waals surface area (Å²) < 4.78 is 5.36. The summed E-state index contributed by atoms with van der Waals surface area (Å²) in [5.74, 6) is -0.150. The number of carbonyl (C=O) groups excluding carboxylic acids is 1. The summed E-state index contributed by atoms with van der Waals surface area (Å²) in [6.07, 6.45) is 3.37. The first-order chi connectivity index (χ1) is 6.23. The van der Waals surface area contributed by atoms with Crippen LogP contribution in [0.5, 0.6) is 0 Å². The average molecular weight is 198 g/mol. The summed E-state index contributed by atoms with van der Waals surface area (Å²) in [6, 6.07) is 0. The van der Waals surface area contributed by atoms with E-state index in [9.17, 15) is 4.79 Å². The van der Waals surface area contributed by atoms with Crippen LogP contribution in [0.1, 0.15) is 53.9 Å². The lowest BCUT2D eigenvalue weighted by Crippen LogP contribution is -2.42. The second kappa shape index (κ2) is 3.56. The molecule has 0 radical (unpaired) electrons. The number of rotatable bonds is 1. The molecule has 0 spiro atoms. The molecule has 82 valence electrons. The minimum absolute atomic E-state index is 0.105. The predicted octanol–water partition coefficient (Wildman–Crippen LogP) is 3.15. The summed E-state index contributed by atoms with van der Waals surface area (Å²) in [5.41, 5.74) is 0.508. The topological polar surface area (TPSA) is 26.3 Å². The number of esters is 1. The summed E-state index contributed by atoms with van der Waals surface area (Å²) >= 11 is 0. The molecule has 1 atom stereocenters. The van der Waals surface area contributed by atoms with Crippen LogP contribution >= 0.6 is 0 Å². The first kappa shape index (κ1) is 11.5. The van der Waals surface area contributed by atoms with Crippen LogP contribution in [-0.4, -0.2) is 12.1 Å². The number of ether oxygens (including phenoxy) is 1. The van der Waals surface area contributed by atoms with Crippen LogP contribution in [0.25, 0.3) is 0 Å². The molecule has 0 saturated heterocycles. The van der Waals surface area contributed by atoms with Crippen molar-refractivity contribution in [3.05, 3.63) is 0 Å². The molecule has 1 unspecified atom stereocenters. The van der Waals surface area contributed by atoms with Crippen molar-refractivity contribution in [3.63, 3.8) is 0 Å². The molecule has 0 aromatic rings. The summed E-state index contributed by atoms with van der Waals surface area (Å²) in [7, 11) is 0. The van der Waals surface area contributed by atoms with Crippen molar-refractivity contribution >= 4 is 5.97 Å². The van der Waals surface area contributed by atoms with E-state index >= 15 is 0 Å². The van der Waals surface area contributed by atoms with Crippen LogP contribution in [-0.2, 0) is 9.53 Å². The highest BCUT2D eigenvalue weighted by Crippen LogP contribution is 2.46. The first-order valence-corrected chi connectivity index (χ1v) is 5.40. The van der Waals surface area contributed by atoms with E-state index in [0.29, 0.717) is 5.41 Å². The van der Waals surface area contributed by atoms with Crippen LogP contribution in [0.3, 0.4) is 0 Å². The first-order valence-electron chi connectivity index (χ1n) is 5.40. The van der Waals surface area contributed by atoms with Gasteiger partial charge in [-0.2, -0.15) is 0 Å². The van der Waals surface area contributed by atoms with E-state index in [2.05, 4.69) is 27.7 Å². The van der Waals surface area contributed by atoms with Crippen molar-refractivity contribution in [2.45, 2.75) is 60.0 Å². The molecule has 0 heterocycles. The van der Waals surface area contributed by atoms with Crippen LogP contribution in [0.15, 0.2) is 0 Å². The number of hydrogen-bond donors (Lipinski definition) is 0. The van der Waals surface area contributed by atoms with E-state index in [1.807, 2.05) is 0 Å². The highest BCUT2D eigenvalue weighted by molar-refractivity contribution is 5.66. The van der Waals surface area contributed by atoms with Gasteiger partial charge in [-0.3, -0.25) is 4.79 Å². The van der Waals surface area contributed by atoms with Crippen molar-refractivity contribution in [1.29, 1.82) is 0 Å². The zero-order chi connectivity index (χ0) is 11.0. The van der Waals surface area contributed by atoms with Gasteiger partial charge in [0.2, 0.25) is 0 Å². The molecule has 1 saturated carbocycles. The molecule has 1 aliphatic rings. The lowest BCUT2D eigenvalue weighted by atomic mass is 9.64. The van der Waals surface area contributed by atoms with Gasteiger partial charge in [-0.05, 0) is 24.7 Å². The maximum absolute atomic E-state index is 10.9.